The molecule has 1 unspecified atom stereocenters. The summed E-state index contributed by atoms with van der Waals surface area (Å²) >= 11 is 0. The second-order valence-corrected chi connectivity index (χ2v) is 5.64. The van der Waals surface area contributed by atoms with E-state index in [0.29, 0.717) is 5.96 Å². The van der Waals surface area contributed by atoms with Crippen LogP contribution < -0.4 is 15.3 Å². The Kier molecular flexibility index (Phi) is 3.73. The molecule has 0 saturated carbocycles. The first-order valence-corrected chi connectivity index (χ1v) is 7.94. The quantitative estimate of drug-likeness (QED) is 0.763. The molecule has 0 aliphatic carbocycles. The molecule has 4 rings (SSSR count). The van der Waals surface area contributed by atoms with Gasteiger partial charge in [-0.25, -0.2) is 5.01 Å². The van der Waals surface area contributed by atoms with E-state index in [1.165, 1.54) is 0 Å². The Labute approximate surface area is 141 Å². The predicted molar refractivity (Wildman–Crippen MR) is 97.9 cm³/mol. The predicted octanol–water partition coefficient (Wildman–Crippen LogP) is 4.15. The van der Waals surface area contributed by atoms with Gasteiger partial charge in [-0.15, -0.1) is 0 Å². The molecule has 118 valence electrons. The van der Waals surface area contributed by atoms with Gasteiger partial charge in [0, 0.05) is 5.69 Å². The van der Waals surface area contributed by atoms with Crippen LogP contribution in [-0.4, -0.2) is 5.96 Å². The van der Waals surface area contributed by atoms with Crippen LogP contribution in [0.4, 0.5) is 11.4 Å². The molecule has 0 amide bonds. The number of hydrogen-bond donors (Lipinski definition) is 2. The molecule has 1 fully saturated rings. The summed E-state index contributed by atoms with van der Waals surface area (Å²) in [6.07, 6.45) is -0.124. The Bertz CT molecular complexity index is 818. The van der Waals surface area contributed by atoms with Crippen molar-refractivity contribution in [2.24, 2.45) is 0 Å². The second-order valence-electron chi connectivity index (χ2n) is 5.64. The van der Waals surface area contributed by atoms with E-state index in [1.807, 2.05) is 88.8 Å². The van der Waals surface area contributed by atoms with Crippen LogP contribution in [0.3, 0.4) is 0 Å². The van der Waals surface area contributed by atoms with Gasteiger partial charge in [0.2, 0.25) is 5.96 Å². The van der Waals surface area contributed by atoms with Crippen LogP contribution in [0.2, 0.25) is 0 Å². The van der Waals surface area contributed by atoms with Gasteiger partial charge in [0.05, 0.1) is 5.69 Å². The molecule has 1 aliphatic heterocycles. The highest BCUT2D eigenvalue weighted by Gasteiger charge is 2.36. The van der Waals surface area contributed by atoms with Crippen molar-refractivity contribution in [3.63, 3.8) is 0 Å². The maximum absolute atomic E-state index is 8.71. The van der Waals surface area contributed by atoms with Crippen molar-refractivity contribution in [1.82, 2.24) is 5.43 Å². The van der Waals surface area contributed by atoms with Crippen molar-refractivity contribution in [3.05, 3.63) is 96.6 Å². The third-order valence-electron chi connectivity index (χ3n) is 4.11. The summed E-state index contributed by atoms with van der Waals surface area (Å²) in [5, 5.41) is 10.5. The van der Waals surface area contributed by atoms with Gasteiger partial charge < -0.3 is 0 Å². The molecule has 4 heteroatoms. The topological polar surface area (TPSA) is 42.4 Å². The SMILES string of the molecule is N=C1N(c2ccccc2)NC(c2ccccc2)N1c1ccccc1. The zero-order valence-corrected chi connectivity index (χ0v) is 13.1. The van der Waals surface area contributed by atoms with Crippen molar-refractivity contribution in [2.45, 2.75) is 6.17 Å². The smallest absolute Gasteiger partial charge is 0.219 e. The highest BCUT2D eigenvalue weighted by atomic mass is 15.7. The molecular weight excluding hydrogens is 296 g/mol. The maximum atomic E-state index is 8.71. The number of hydrogen-bond acceptors (Lipinski definition) is 2. The van der Waals surface area contributed by atoms with Gasteiger partial charge in [0.1, 0.15) is 6.17 Å². The van der Waals surface area contributed by atoms with Crippen LogP contribution in [0.15, 0.2) is 91.0 Å². The number of nitrogens with zero attached hydrogens (tertiary/aromatic N) is 2. The van der Waals surface area contributed by atoms with Gasteiger partial charge >= 0.3 is 0 Å². The molecule has 1 heterocycles. The van der Waals surface area contributed by atoms with E-state index in [1.54, 1.807) is 0 Å². The summed E-state index contributed by atoms with van der Waals surface area (Å²) in [7, 11) is 0. The lowest BCUT2D eigenvalue weighted by atomic mass is 10.1. The molecular formula is C20H18N4. The largest absolute Gasteiger partial charge is 0.289 e. The standard InChI is InChI=1S/C20H18N4/c21-20-23(17-12-6-2-7-13-17)19(16-10-4-1-5-11-16)22-24(20)18-14-8-3-9-15-18/h1-15,19,21-22H. The number of guanidine groups is 1. The molecule has 3 aromatic carbocycles. The van der Waals surface area contributed by atoms with Gasteiger partial charge in [0.15, 0.2) is 0 Å². The lowest BCUT2D eigenvalue weighted by Gasteiger charge is -2.24. The Balaban J connectivity index is 1.77. The fourth-order valence-electron chi connectivity index (χ4n) is 2.96. The normalized spacial score (nSPS) is 17.3. The molecule has 24 heavy (non-hydrogen) atoms. The Hall–Kier alpha value is -3.11. The Morgan fingerprint density at radius 1 is 0.667 bits per heavy atom. The molecule has 0 bridgehead atoms. The number of para-hydroxylation sites is 2. The number of benzene rings is 3. The lowest BCUT2D eigenvalue weighted by molar-refractivity contribution is 0.624. The van der Waals surface area contributed by atoms with Crippen molar-refractivity contribution in [3.8, 4) is 0 Å². The molecule has 1 saturated heterocycles. The average Bonchev–Trinajstić information content (AvgIpc) is 3.01. The zero-order valence-electron chi connectivity index (χ0n) is 13.1. The van der Waals surface area contributed by atoms with E-state index in [9.17, 15) is 0 Å². The third-order valence-corrected chi connectivity index (χ3v) is 4.11. The molecule has 4 nitrogen and oxygen atoms in total. The highest BCUT2D eigenvalue weighted by Crippen LogP contribution is 2.32. The number of hydrazine groups is 1. The minimum Gasteiger partial charge on any atom is -0.289 e. The Morgan fingerprint density at radius 3 is 1.75 bits per heavy atom. The van der Waals surface area contributed by atoms with Crippen LogP contribution in [0, 0.1) is 5.41 Å². The summed E-state index contributed by atoms with van der Waals surface area (Å²) in [4.78, 5) is 2.00. The first-order valence-electron chi connectivity index (χ1n) is 7.94. The van der Waals surface area contributed by atoms with Crippen LogP contribution in [-0.2, 0) is 0 Å². The Morgan fingerprint density at radius 2 is 1.17 bits per heavy atom. The highest BCUT2D eigenvalue weighted by molar-refractivity contribution is 6.07. The minimum atomic E-state index is -0.124. The van der Waals surface area contributed by atoms with Crippen LogP contribution in [0.1, 0.15) is 11.7 Å². The molecule has 2 N–H and O–H groups in total. The van der Waals surface area contributed by atoms with E-state index in [2.05, 4.69) is 17.6 Å². The van der Waals surface area contributed by atoms with Gasteiger partial charge in [-0.3, -0.25) is 10.3 Å². The van der Waals surface area contributed by atoms with Gasteiger partial charge in [0.25, 0.3) is 0 Å². The molecule has 0 radical (unpaired) electrons. The monoisotopic (exact) mass is 314 g/mol. The van der Waals surface area contributed by atoms with Crippen LogP contribution in [0.25, 0.3) is 0 Å². The van der Waals surface area contributed by atoms with Gasteiger partial charge in [-0.2, -0.15) is 5.43 Å². The maximum Gasteiger partial charge on any atom is 0.219 e. The van der Waals surface area contributed by atoms with Crippen molar-refractivity contribution in [1.29, 1.82) is 5.41 Å². The van der Waals surface area contributed by atoms with E-state index in [0.717, 1.165) is 16.9 Å². The molecule has 0 aromatic heterocycles. The lowest BCUT2D eigenvalue weighted by Crippen LogP contribution is -2.35. The van der Waals surface area contributed by atoms with Crippen LogP contribution >= 0.6 is 0 Å². The molecule has 3 aromatic rings. The molecule has 1 aliphatic rings. The first kappa shape index (κ1) is 14.5. The third kappa shape index (κ3) is 2.53. The summed E-state index contributed by atoms with van der Waals surface area (Å²) in [6.45, 7) is 0. The second kappa shape index (κ2) is 6.18. The summed E-state index contributed by atoms with van der Waals surface area (Å²) in [5.74, 6) is 0.404. The van der Waals surface area contributed by atoms with Gasteiger partial charge in [-0.1, -0.05) is 66.7 Å². The van der Waals surface area contributed by atoms with Crippen molar-refractivity contribution in [2.75, 3.05) is 9.91 Å². The minimum absolute atomic E-state index is 0.124. The van der Waals surface area contributed by atoms with E-state index in [-0.39, 0.29) is 6.17 Å². The van der Waals surface area contributed by atoms with Gasteiger partial charge in [-0.05, 0) is 29.8 Å². The van der Waals surface area contributed by atoms with Crippen LogP contribution in [0.5, 0.6) is 0 Å². The summed E-state index contributed by atoms with van der Waals surface area (Å²) < 4.78 is 0. The fraction of sp³-hybridized carbons (Fsp3) is 0.0500. The number of rotatable bonds is 3. The van der Waals surface area contributed by atoms with E-state index in [4.69, 9.17) is 5.41 Å². The van der Waals surface area contributed by atoms with Crippen molar-refractivity contribution < 1.29 is 0 Å². The van der Waals surface area contributed by atoms with E-state index >= 15 is 0 Å². The first-order chi connectivity index (χ1) is 11.8. The summed E-state index contributed by atoms with van der Waals surface area (Å²) in [5.41, 5.74) is 6.51. The summed E-state index contributed by atoms with van der Waals surface area (Å²) in [6, 6.07) is 30.2. The van der Waals surface area contributed by atoms with Crippen molar-refractivity contribution >= 4 is 17.3 Å². The number of nitrogens with one attached hydrogen (secondary N) is 2. The molecule has 1 atom stereocenters. The fourth-order valence-corrected chi connectivity index (χ4v) is 2.96. The molecule has 0 spiro atoms. The van der Waals surface area contributed by atoms with E-state index < -0.39 is 0 Å². The number of anilines is 2. The zero-order chi connectivity index (χ0) is 16.4. The average molecular weight is 314 g/mol.